The van der Waals surface area contributed by atoms with Gasteiger partial charge in [-0.05, 0) is 48.6 Å². The highest BCUT2D eigenvalue weighted by molar-refractivity contribution is 7.88. The summed E-state index contributed by atoms with van der Waals surface area (Å²) in [7, 11) is -3.18. The van der Waals surface area contributed by atoms with Gasteiger partial charge in [0.1, 0.15) is 11.9 Å². The van der Waals surface area contributed by atoms with Crippen molar-refractivity contribution in [2.24, 2.45) is 5.73 Å². The van der Waals surface area contributed by atoms with Crippen molar-refractivity contribution in [3.8, 4) is 0 Å². The van der Waals surface area contributed by atoms with Gasteiger partial charge in [0.25, 0.3) is 0 Å². The minimum Gasteiger partial charge on any atom is -0.384 e. The van der Waals surface area contributed by atoms with Gasteiger partial charge in [0, 0.05) is 50.5 Å². The lowest BCUT2D eigenvalue weighted by Crippen LogP contribution is -2.51. The van der Waals surface area contributed by atoms with Crippen LogP contribution in [0, 0.1) is 5.41 Å². The molecule has 1 fully saturated rings. The summed E-state index contributed by atoms with van der Waals surface area (Å²) in [6.07, 6.45) is 2.49. The average Bonchev–Trinajstić information content (AvgIpc) is 3.04. The monoisotopic (exact) mass is 633 g/mol. The van der Waals surface area contributed by atoms with E-state index in [0.29, 0.717) is 51.1 Å². The molecule has 6 N–H and O–H groups in total. The molecule has 1 aliphatic rings. The molecule has 240 valence electrons. The predicted molar refractivity (Wildman–Crippen MR) is 177 cm³/mol. The Morgan fingerprint density at radius 2 is 1.44 bits per heavy atom. The van der Waals surface area contributed by atoms with Crippen molar-refractivity contribution >= 4 is 33.4 Å². The number of hydrogen-bond donors (Lipinski definition) is 5. The summed E-state index contributed by atoms with van der Waals surface area (Å²) in [6, 6.07) is 23.8. The van der Waals surface area contributed by atoms with Gasteiger partial charge in [0.2, 0.25) is 21.8 Å². The molecule has 2 amide bonds. The van der Waals surface area contributed by atoms with Crippen LogP contribution in [0.15, 0.2) is 78.9 Å². The zero-order valence-electron chi connectivity index (χ0n) is 25.8. The number of carbonyl (C=O) groups excluding carboxylic acids is 2. The Balaban J connectivity index is 1.32. The Labute approximate surface area is 265 Å². The molecule has 0 bridgehead atoms. The summed E-state index contributed by atoms with van der Waals surface area (Å²) in [6.45, 7) is 4.60. The number of hydrogen-bond acceptors (Lipinski definition) is 7. The summed E-state index contributed by atoms with van der Waals surface area (Å²) in [5.41, 5.74) is 10.1. The molecule has 0 spiro atoms. The fourth-order valence-electron chi connectivity index (χ4n) is 5.15. The van der Waals surface area contributed by atoms with Crippen LogP contribution >= 0.6 is 0 Å². The number of aryl methyl sites for hydroxylation is 1. The number of nitrogens with two attached hydrogens (primary N) is 1. The van der Waals surface area contributed by atoms with E-state index in [1.54, 1.807) is 31.2 Å². The minimum atomic E-state index is -3.18. The molecule has 2 atom stereocenters. The average molecular weight is 634 g/mol. The molecule has 1 saturated heterocycles. The van der Waals surface area contributed by atoms with Gasteiger partial charge in [-0.1, -0.05) is 66.7 Å². The molecule has 3 aromatic carbocycles. The van der Waals surface area contributed by atoms with Crippen molar-refractivity contribution in [3.05, 3.63) is 101 Å². The number of amidine groups is 1. The molecule has 12 heteroatoms. The van der Waals surface area contributed by atoms with Crippen molar-refractivity contribution in [1.82, 2.24) is 20.3 Å². The molecule has 1 aliphatic heterocycles. The Bertz CT molecular complexity index is 1540. The van der Waals surface area contributed by atoms with E-state index in [9.17, 15) is 18.0 Å². The second kappa shape index (κ2) is 15.6. The van der Waals surface area contributed by atoms with Gasteiger partial charge in [-0.2, -0.15) is 4.31 Å². The van der Waals surface area contributed by atoms with Crippen LogP contribution in [0.2, 0.25) is 0 Å². The second-order valence-corrected chi connectivity index (χ2v) is 13.3. The SMILES string of the molecule is C[C@H](NC(=O)[C@@H](CCc1ccccc1)NCc1ccc(N2CCN(S(C)(=O)=O)CC2)cc1)C(=O)NCc1ccc(C(=N)N)cc1. The van der Waals surface area contributed by atoms with Crippen LogP contribution in [0.1, 0.15) is 35.6 Å². The molecule has 0 aromatic heterocycles. The van der Waals surface area contributed by atoms with E-state index >= 15 is 0 Å². The maximum atomic E-state index is 13.4. The van der Waals surface area contributed by atoms with E-state index < -0.39 is 22.1 Å². The van der Waals surface area contributed by atoms with Crippen molar-refractivity contribution in [2.75, 3.05) is 37.3 Å². The lowest BCUT2D eigenvalue weighted by molar-refractivity contribution is -0.129. The van der Waals surface area contributed by atoms with Crippen molar-refractivity contribution in [2.45, 2.75) is 44.9 Å². The van der Waals surface area contributed by atoms with Crippen LogP contribution in [0.3, 0.4) is 0 Å². The molecule has 0 radical (unpaired) electrons. The molecule has 3 aromatic rings. The first-order chi connectivity index (χ1) is 21.5. The van der Waals surface area contributed by atoms with Crippen LogP contribution in [-0.4, -0.2) is 74.9 Å². The standard InChI is InChI=1S/C33H43N7O4S/c1-24(32(41)37-23-26-8-13-28(14-9-26)31(34)35)38-33(42)30(17-12-25-6-4-3-5-7-25)36-22-27-10-15-29(16-11-27)39-18-20-40(21-19-39)45(2,43)44/h3-11,13-16,24,30,36H,12,17-23H2,1-2H3,(H3,34,35)(H,37,41)(H,38,42)/t24-,30+/m0/s1. The highest BCUT2D eigenvalue weighted by atomic mass is 32.2. The molecule has 4 rings (SSSR count). The summed E-state index contributed by atoms with van der Waals surface area (Å²) in [5, 5.41) is 16.6. The number of nitrogens with one attached hydrogen (secondary N) is 4. The molecular formula is C33H43N7O4S. The molecule has 11 nitrogen and oxygen atoms in total. The number of sulfonamides is 1. The number of nitrogen functional groups attached to an aromatic ring is 1. The Hall–Kier alpha value is -4.26. The highest BCUT2D eigenvalue weighted by Crippen LogP contribution is 2.19. The number of carbonyl (C=O) groups is 2. The van der Waals surface area contributed by atoms with E-state index in [1.165, 1.54) is 10.6 Å². The van der Waals surface area contributed by atoms with Gasteiger partial charge in [-0.15, -0.1) is 0 Å². The molecule has 45 heavy (non-hydrogen) atoms. The number of nitrogens with zero attached hydrogens (tertiary/aromatic N) is 2. The first kappa shape index (κ1) is 33.6. The quantitative estimate of drug-likeness (QED) is 0.134. The summed E-state index contributed by atoms with van der Waals surface area (Å²) in [4.78, 5) is 28.4. The minimum absolute atomic E-state index is 0.0170. The topological polar surface area (TPSA) is 161 Å². The molecular weight excluding hydrogens is 590 g/mol. The Kier molecular flexibility index (Phi) is 11.7. The van der Waals surface area contributed by atoms with Crippen LogP contribution in [0.4, 0.5) is 5.69 Å². The number of anilines is 1. The third kappa shape index (κ3) is 10.1. The number of benzene rings is 3. The smallest absolute Gasteiger partial charge is 0.242 e. The van der Waals surface area contributed by atoms with Gasteiger partial charge in [0.05, 0.1) is 12.3 Å². The van der Waals surface area contributed by atoms with Crippen LogP contribution < -0.4 is 26.6 Å². The van der Waals surface area contributed by atoms with Crippen LogP contribution in [-0.2, 0) is 39.1 Å². The van der Waals surface area contributed by atoms with E-state index in [0.717, 1.165) is 22.4 Å². The van der Waals surface area contributed by atoms with Gasteiger partial charge < -0.3 is 26.6 Å². The largest absolute Gasteiger partial charge is 0.384 e. The van der Waals surface area contributed by atoms with E-state index in [2.05, 4.69) is 20.9 Å². The van der Waals surface area contributed by atoms with E-state index in [-0.39, 0.29) is 24.2 Å². The van der Waals surface area contributed by atoms with Gasteiger partial charge in [-0.3, -0.25) is 15.0 Å². The number of piperazine rings is 1. The van der Waals surface area contributed by atoms with E-state index in [4.69, 9.17) is 11.1 Å². The van der Waals surface area contributed by atoms with Gasteiger partial charge >= 0.3 is 0 Å². The second-order valence-electron chi connectivity index (χ2n) is 11.3. The molecule has 0 saturated carbocycles. The highest BCUT2D eigenvalue weighted by Gasteiger charge is 2.24. The number of rotatable bonds is 14. The summed E-state index contributed by atoms with van der Waals surface area (Å²) >= 11 is 0. The predicted octanol–water partition coefficient (Wildman–Crippen LogP) is 1.96. The first-order valence-electron chi connectivity index (χ1n) is 15.1. The lowest BCUT2D eigenvalue weighted by Gasteiger charge is -2.34. The van der Waals surface area contributed by atoms with Crippen LogP contribution in [0.5, 0.6) is 0 Å². The maximum Gasteiger partial charge on any atom is 0.242 e. The lowest BCUT2D eigenvalue weighted by atomic mass is 10.0. The summed E-state index contributed by atoms with van der Waals surface area (Å²) < 4.78 is 25.1. The van der Waals surface area contributed by atoms with Crippen molar-refractivity contribution < 1.29 is 18.0 Å². The molecule has 0 aliphatic carbocycles. The summed E-state index contributed by atoms with van der Waals surface area (Å²) in [5.74, 6) is -0.565. The fourth-order valence-corrected chi connectivity index (χ4v) is 5.98. The first-order valence-corrected chi connectivity index (χ1v) is 16.9. The Morgan fingerprint density at radius 3 is 2.04 bits per heavy atom. The maximum absolute atomic E-state index is 13.4. The third-order valence-electron chi connectivity index (χ3n) is 7.93. The zero-order valence-corrected chi connectivity index (χ0v) is 26.6. The van der Waals surface area contributed by atoms with Gasteiger partial charge in [-0.25, -0.2) is 8.42 Å². The molecule has 1 heterocycles. The Morgan fingerprint density at radius 1 is 0.844 bits per heavy atom. The van der Waals surface area contributed by atoms with E-state index in [1.807, 2.05) is 54.6 Å². The van der Waals surface area contributed by atoms with Crippen LogP contribution in [0.25, 0.3) is 0 Å². The van der Waals surface area contributed by atoms with Crippen molar-refractivity contribution in [1.29, 1.82) is 5.41 Å². The van der Waals surface area contributed by atoms with Gasteiger partial charge in [0.15, 0.2) is 0 Å². The third-order valence-corrected chi connectivity index (χ3v) is 9.23. The van der Waals surface area contributed by atoms with Crippen molar-refractivity contribution in [3.63, 3.8) is 0 Å². The number of amides is 2. The molecule has 0 unspecified atom stereocenters. The zero-order chi connectivity index (χ0) is 32.4. The normalized spacial score (nSPS) is 15.2. The fraction of sp³-hybridized carbons (Fsp3) is 0.364.